The summed E-state index contributed by atoms with van der Waals surface area (Å²) in [5.74, 6) is 1.87. The van der Waals surface area contributed by atoms with Crippen LogP contribution in [0.5, 0.6) is 0 Å². The van der Waals surface area contributed by atoms with Crippen molar-refractivity contribution < 1.29 is 0 Å². The van der Waals surface area contributed by atoms with Gasteiger partial charge in [-0.05, 0) is 31.5 Å². The van der Waals surface area contributed by atoms with Gasteiger partial charge in [-0.2, -0.15) is 11.8 Å². The molecule has 1 aromatic rings. The molecule has 3 heteroatoms. The predicted octanol–water partition coefficient (Wildman–Crippen LogP) is 3.80. The maximum atomic E-state index is 3.51. The third-order valence-corrected chi connectivity index (χ3v) is 5.89. The highest BCUT2D eigenvalue weighted by molar-refractivity contribution is 8.00. The van der Waals surface area contributed by atoms with Crippen LogP contribution in [-0.4, -0.2) is 42.1 Å². The van der Waals surface area contributed by atoms with Crippen molar-refractivity contribution in [3.05, 3.63) is 35.9 Å². The number of benzene rings is 1. The van der Waals surface area contributed by atoms with Crippen LogP contribution in [0.4, 0.5) is 0 Å². The van der Waals surface area contributed by atoms with Gasteiger partial charge in [0.25, 0.3) is 0 Å². The van der Waals surface area contributed by atoms with E-state index >= 15 is 0 Å². The Bertz CT molecular complexity index is 418. The van der Waals surface area contributed by atoms with Gasteiger partial charge in [-0.3, -0.25) is 0 Å². The Balaban J connectivity index is 1.95. The van der Waals surface area contributed by atoms with E-state index in [1.165, 1.54) is 37.4 Å². The Morgan fingerprint density at radius 3 is 2.62 bits per heavy atom. The van der Waals surface area contributed by atoms with Crippen molar-refractivity contribution in [3.63, 3.8) is 0 Å². The van der Waals surface area contributed by atoms with Gasteiger partial charge >= 0.3 is 0 Å². The van der Waals surface area contributed by atoms with Gasteiger partial charge in [0.2, 0.25) is 0 Å². The molecule has 2 unspecified atom stereocenters. The van der Waals surface area contributed by atoms with Gasteiger partial charge in [0, 0.05) is 29.6 Å². The van der Waals surface area contributed by atoms with Gasteiger partial charge in [-0.15, -0.1) is 0 Å². The summed E-state index contributed by atoms with van der Waals surface area (Å²) in [4.78, 5) is 2.65. The fourth-order valence-electron chi connectivity index (χ4n) is 3.20. The standard InChI is InChI=1S/C18H30N2S/c1-15(17(19-4)16-8-6-5-7-9-16)14-20-11-10-18(2,3)21-13-12-20/h5-9,15,17,19H,10-14H2,1-4H3. The maximum absolute atomic E-state index is 3.51. The summed E-state index contributed by atoms with van der Waals surface area (Å²) >= 11 is 2.13. The van der Waals surface area contributed by atoms with Crippen LogP contribution in [-0.2, 0) is 0 Å². The fraction of sp³-hybridized carbons (Fsp3) is 0.667. The van der Waals surface area contributed by atoms with Crippen molar-refractivity contribution in [2.24, 2.45) is 5.92 Å². The van der Waals surface area contributed by atoms with E-state index in [0.29, 0.717) is 16.7 Å². The Hall–Kier alpha value is -0.510. The van der Waals surface area contributed by atoms with Gasteiger partial charge in [-0.1, -0.05) is 51.1 Å². The first-order chi connectivity index (χ1) is 10.0. The molecule has 1 aliphatic heterocycles. The minimum Gasteiger partial charge on any atom is -0.313 e. The first kappa shape index (κ1) is 16.9. The second kappa shape index (κ2) is 7.66. The molecule has 0 amide bonds. The third-order valence-electron chi connectivity index (χ3n) is 4.52. The lowest BCUT2D eigenvalue weighted by atomic mass is 9.94. The van der Waals surface area contributed by atoms with E-state index in [1.807, 2.05) is 0 Å². The zero-order valence-corrected chi connectivity index (χ0v) is 14.7. The molecule has 2 atom stereocenters. The van der Waals surface area contributed by atoms with Crippen molar-refractivity contribution in [2.45, 2.75) is 38.0 Å². The molecule has 1 saturated heterocycles. The Labute approximate surface area is 134 Å². The Morgan fingerprint density at radius 2 is 1.95 bits per heavy atom. The highest BCUT2D eigenvalue weighted by atomic mass is 32.2. The zero-order valence-electron chi connectivity index (χ0n) is 13.9. The van der Waals surface area contributed by atoms with E-state index in [0.717, 1.165) is 0 Å². The highest BCUT2D eigenvalue weighted by Gasteiger charge is 2.26. The van der Waals surface area contributed by atoms with Crippen LogP contribution in [0.25, 0.3) is 0 Å². The highest BCUT2D eigenvalue weighted by Crippen LogP contribution is 2.31. The molecular formula is C18H30N2S. The van der Waals surface area contributed by atoms with Gasteiger partial charge in [-0.25, -0.2) is 0 Å². The second-order valence-corrected chi connectivity index (χ2v) is 8.62. The zero-order chi connectivity index (χ0) is 15.3. The molecule has 1 heterocycles. The molecule has 1 aliphatic rings. The van der Waals surface area contributed by atoms with Crippen LogP contribution >= 0.6 is 11.8 Å². The molecule has 2 nitrogen and oxygen atoms in total. The molecule has 0 bridgehead atoms. The van der Waals surface area contributed by atoms with Crippen LogP contribution in [0.2, 0.25) is 0 Å². The van der Waals surface area contributed by atoms with Crippen LogP contribution in [0.15, 0.2) is 30.3 Å². The van der Waals surface area contributed by atoms with Crippen LogP contribution in [0, 0.1) is 5.92 Å². The summed E-state index contributed by atoms with van der Waals surface area (Å²) in [7, 11) is 2.08. The van der Waals surface area contributed by atoms with Gasteiger partial charge in [0.1, 0.15) is 0 Å². The molecule has 21 heavy (non-hydrogen) atoms. The molecule has 118 valence electrons. The summed E-state index contributed by atoms with van der Waals surface area (Å²) in [5, 5.41) is 3.51. The second-order valence-electron chi connectivity index (χ2n) is 6.81. The number of rotatable bonds is 5. The summed E-state index contributed by atoms with van der Waals surface area (Å²) in [5.41, 5.74) is 1.40. The third kappa shape index (κ3) is 5.01. The topological polar surface area (TPSA) is 15.3 Å². The quantitative estimate of drug-likeness (QED) is 0.891. The maximum Gasteiger partial charge on any atom is 0.0355 e. The average Bonchev–Trinajstić information content (AvgIpc) is 2.62. The van der Waals surface area contributed by atoms with Gasteiger partial charge in [0.15, 0.2) is 0 Å². The largest absolute Gasteiger partial charge is 0.313 e. The molecule has 1 aromatic carbocycles. The Kier molecular flexibility index (Phi) is 6.15. The monoisotopic (exact) mass is 306 g/mol. The molecule has 0 aliphatic carbocycles. The normalized spacial score (nSPS) is 22.5. The molecule has 1 fully saturated rings. The number of thioether (sulfide) groups is 1. The van der Waals surface area contributed by atoms with Crippen LogP contribution in [0.1, 0.15) is 38.8 Å². The number of nitrogens with one attached hydrogen (secondary N) is 1. The van der Waals surface area contributed by atoms with E-state index in [1.54, 1.807) is 0 Å². The SMILES string of the molecule is CNC(c1ccccc1)C(C)CN1CCSC(C)(C)CC1. The molecule has 0 radical (unpaired) electrons. The van der Waals surface area contributed by atoms with E-state index in [-0.39, 0.29) is 0 Å². The van der Waals surface area contributed by atoms with E-state index in [2.05, 4.69) is 80.1 Å². The summed E-state index contributed by atoms with van der Waals surface area (Å²) in [6.45, 7) is 10.8. The summed E-state index contributed by atoms with van der Waals surface area (Å²) in [6.07, 6.45) is 1.29. The van der Waals surface area contributed by atoms with Crippen molar-refractivity contribution in [1.82, 2.24) is 10.2 Å². The molecule has 0 spiro atoms. The van der Waals surface area contributed by atoms with Crippen molar-refractivity contribution in [1.29, 1.82) is 0 Å². The van der Waals surface area contributed by atoms with Crippen LogP contribution in [0.3, 0.4) is 0 Å². The number of hydrogen-bond donors (Lipinski definition) is 1. The summed E-state index contributed by atoms with van der Waals surface area (Å²) < 4.78 is 0.444. The minimum atomic E-state index is 0.440. The lowest BCUT2D eigenvalue weighted by Gasteiger charge is -2.30. The van der Waals surface area contributed by atoms with E-state index in [4.69, 9.17) is 0 Å². The lowest BCUT2D eigenvalue weighted by Crippen LogP contribution is -2.36. The van der Waals surface area contributed by atoms with Crippen molar-refractivity contribution >= 4 is 11.8 Å². The number of hydrogen-bond acceptors (Lipinski definition) is 3. The van der Waals surface area contributed by atoms with Crippen molar-refractivity contribution in [2.75, 3.05) is 32.4 Å². The number of nitrogens with zero attached hydrogens (tertiary/aromatic N) is 1. The molecule has 0 aromatic heterocycles. The Morgan fingerprint density at radius 1 is 1.24 bits per heavy atom. The van der Waals surface area contributed by atoms with E-state index < -0.39 is 0 Å². The lowest BCUT2D eigenvalue weighted by molar-refractivity contribution is 0.221. The van der Waals surface area contributed by atoms with Crippen LogP contribution < -0.4 is 5.32 Å². The first-order valence-corrected chi connectivity index (χ1v) is 9.09. The van der Waals surface area contributed by atoms with Crippen molar-refractivity contribution in [3.8, 4) is 0 Å². The smallest absolute Gasteiger partial charge is 0.0355 e. The van der Waals surface area contributed by atoms with E-state index in [9.17, 15) is 0 Å². The average molecular weight is 307 g/mol. The fourth-order valence-corrected chi connectivity index (χ4v) is 4.34. The first-order valence-electron chi connectivity index (χ1n) is 8.10. The molecule has 2 rings (SSSR count). The van der Waals surface area contributed by atoms with Gasteiger partial charge < -0.3 is 10.2 Å². The molecule has 1 N–H and O–H groups in total. The summed E-state index contributed by atoms with van der Waals surface area (Å²) in [6, 6.07) is 11.3. The van der Waals surface area contributed by atoms with Gasteiger partial charge in [0.05, 0.1) is 0 Å². The predicted molar refractivity (Wildman–Crippen MR) is 95.0 cm³/mol. The molecular weight excluding hydrogens is 276 g/mol. The minimum absolute atomic E-state index is 0.440. The molecule has 0 saturated carbocycles.